The van der Waals surface area contributed by atoms with Gasteiger partial charge in [0.2, 0.25) is 0 Å². The van der Waals surface area contributed by atoms with E-state index in [1.54, 1.807) is 0 Å². The fraction of sp³-hybridized carbons (Fsp3) is 1.00. The summed E-state index contributed by atoms with van der Waals surface area (Å²) in [6.07, 6.45) is 4.27. The molecule has 0 aromatic carbocycles. The van der Waals surface area contributed by atoms with Crippen LogP contribution in [-0.2, 0) is 0 Å². The summed E-state index contributed by atoms with van der Waals surface area (Å²) in [5.74, 6) is 3.67. The van der Waals surface area contributed by atoms with Crippen LogP contribution in [0.25, 0.3) is 0 Å². The van der Waals surface area contributed by atoms with Crippen LogP contribution in [0.2, 0.25) is 0 Å². The molecule has 2 atom stereocenters. The maximum absolute atomic E-state index is 3.32. The highest BCUT2D eigenvalue weighted by Gasteiger charge is 2.27. The molecule has 2 nitrogen and oxygen atoms in total. The second kappa shape index (κ2) is 5.38. The lowest BCUT2D eigenvalue weighted by atomic mass is 9.96. The minimum Gasteiger partial charge on any atom is -0.319 e. The van der Waals surface area contributed by atoms with E-state index >= 15 is 0 Å². The summed E-state index contributed by atoms with van der Waals surface area (Å²) in [7, 11) is 2.07. The lowest BCUT2D eigenvalue weighted by Gasteiger charge is -2.36. The zero-order valence-electron chi connectivity index (χ0n) is 9.17. The van der Waals surface area contributed by atoms with Crippen LogP contribution in [0.15, 0.2) is 0 Å². The van der Waals surface area contributed by atoms with Crippen molar-refractivity contribution in [2.24, 2.45) is 5.92 Å². The molecule has 2 saturated heterocycles. The number of hydrogen-bond donors (Lipinski definition) is 1. The predicted octanol–water partition coefficient (Wildman–Crippen LogP) is 1.42. The van der Waals surface area contributed by atoms with Crippen molar-refractivity contribution >= 4 is 11.8 Å². The van der Waals surface area contributed by atoms with Crippen LogP contribution < -0.4 is 5.32 Å². The van der Waals surface area contributed by atoms with Gasteiger partial charge in [-0.2, -0.15) is 11.8 Å². The van der Waals surface area contributed by atoms with Crippen LogP contribution in [0, 0.1) is 5.92 Å². The second-order valence-corrected chi connectivity index (χ2v) is 5.73. The highest BCUT2D eigenvalue weighted by atomic mass is 32.2. The van der Waals surface area contributed by atoms with Gasteiger partial charge in [0, 0.05) is 18.3 Å². The summed E-state index contributed by atoms with van der Waals surface area (Å²) >= 11 is 2.13. The SMILES string of the molecule is CNCC1CCCN(C2CCSC2)C1. The lowest BCUT2D eigenvalue weighted by molar-refractivity contribution is 0.134. The van der Waals surface area contributed by atoms with Crippen LogP contribution in [-0.4, -0.2) is 49.1 Å². The molecule has 2 unspecified atom stereocenters. The van der Waals surface area contributed by atoms with E-state index in [-0.39, 0.29) is 0 Å². The second-order valence-electron chi connectivity index (χ2n) is 4.58. The summed E-state index contributed by atoms with van der Waals surface area (Å²) < 4.78 is 0. The Morgan fingerprint density at radius 3 is 3.07 bits per heavy atom. The van der Waals surface area contributed by atoms with Crippen LogP contribution in [0.3, 0.4) is 0 Å². The minimum atomic E-state index is 0.902. The first-order chi connectivity index (χ1) is 6.90. The largest absolute Gasteiger partial charge is 0.319 e. The quantitative estimate of drug-likeness (QED) is 0.765. The highest BCUT2D eigenvalue weighted by Crippen LogP contribution is 2.26. The number of thioether (sulfide) groups is 1. The molecule has 0 aromatic rings. The molecule has 0 spiro atoms. The predicted molar refractivity (Wildman–Crippen MR) is 64.0 cm³/mol. The smallest absolute Gasteiger partial charge is 0.0194 e. The molecular weight excluding hydrogens is 192 g/mol. The third-order valence-corrected chi connectivity index (χ3v) is 4.61. The van der Waals surface area contributed by atoms with Crippen molar-refractivity contribution < 1.29 is 0 Å². The third-order valence-electron chi connectivity index (χ3n) is 3.47. The van der Waals surface area contributed by atoms with E-state index < -0.39 is 0 Å². The van der Waals surface area contributed by atoms with Gasteiger partial charge in [-0.1, -0.05) is 0 Å². The number of nitrogens with one attached hydrogen (secondary N) is 1. The molecule has 0 saturated carbocycles. The molecule has 2 aliphatic heterocycles. The van der Waals surface area contributed by atoms with Gasteiger partial charge in [-0.25, -0.2) is 0 Å². The maximum Gasteiger partial charge on any atom is 0.0194 e. The van der Waals surface area contributed by atoms with Gasteiger partial charge in [0.05, 0.1) is 0 Å². The van der Waals surface area contributed by atoms with E-state index in [0.717, 1.165) is 12.0 Å². The molecule has 2 heterocycles. The van der Waals surface area contributed by atoms with Gasteiger partial charge < -0.3 is 5.32 Å². The third kappa shape index (κ3) is 2.65. The van der Waals surface area contributed by atoms with E-state index in [0.29, 0.717) is 0 Å². The number of likely N-dealkylation sites (tertiary alicyclic amines) is 1. The van der Waals surface area contributed by atoms with E-state index in [1.165, 1.54) is 50.4 Å². The first kappa shape index (κ1) is 10.8. The van der Waals surface area contributed by atoms with Crippen molar-refractivity contribution in [2.45, 2.75) is 25.3 Å². The Kier molecular flexibility index (Phi) is 4.14. The van der Waals surface area contributed by atoms with Crippen LogP contribution >= 0.6 is 11.8 Å². The van der Waals surface area contributed by atoms with E-state index in [4.69, 9.17) is 0 Å². The average Bonchev–Trinajstić information content (AvgIpc) is 2.71. The Morgan fingerprint density at radius 2 is 2.36 bits per heavy atom. The Morgan fingerprint density at radius 1 is 1.43 bits per heavy atom. The van der Waals surface area contributed by atoms with Gasteiger partial charge in [-0.3, -0.25) is 4.90 Å². The normalized spacial score (nSPS) is 34.9. The Bertz CT molecular complexity index is 167. The molecular formula is C11H22N2S. The summed E-state index contributed by atoms with van der Waals surface area (Å²) in [6, 6.07) is 0.902. The molecule has 82 valence electrons. The Hall–Kier alpha value is 0.270. The van der Waals surface area contributed by atoms with Crippen molar-refractivity contribution in [3.05, 3.63) is 0 Å². The monoisotopic (exact) mass is 214 g/mol. The van der Waals surface area contributed by atoms with Gasteiger partial charge in [-0.05, 0) is 51.1 Å². The number of hydrogen-bond acceptors (Lipinski definition) is 3. The summed E-state index contributed by atoms with van der Waals surface area (Å²) in [6.45, 7) is 3.90. The van der Waals surface area contributed by atoms with Crippen LogP contribution in [0.1, 0.15) is 19.3 Å². The van der Waals surface area contributed by atoms with Crippen molar-refractivity contribution in [3.63, 3.8) is 0 Å². The van der Waals surface area contributed by atoms with Crippen molar-refractivity contribution in [2.75, 3.05) is 38.2 Å². The molecule has 14 heavy (non-hydrogen) atoms. The number of nitrogens with zero attached hydrogens (tertiary/aromatic N) is 1. The summed E-state index contributed by atoms with van der Waals surface area (Å²) in [4.78, 5) is 2.74. The van der Waals surface area contributed by atoms with Gasteiger partial charge in [0.15, 0.2) is 0 Å². The lowest BCUT2D eigenvalue weighted by Crippen LogP contribution is -2.44. The van der Waals surface area contributed by atoms with Crippen LogP contribution in [0.5, 0.6) is 0 Å². The van der Waals surface area contributed by atoms with E-state index in [9.17, 15) is 0 Å². The molecule has 2 fully saturated rings. The minimum absolute atomic E-state index is 0.902. The molecule has 1 N–H and O–H groups in total. The molecule has 2 rings (SSSR count). The van der Waals surface area contributed by atoms with Gasteiger partial charge in [0.25, 0.3) is 0 Å². The fourth-order valence-corrected chi connectivity index (χ4v) is 3.95. The highest BCUT2D eigenvalue weighted by molar-refractivity contribution is 7.99. The van der Waals surface area contributed by atoms with Gasteiger partial charge in [-0.15, -0.1) is 0 Å². The molecule has 0 aromatic heterocycles. The molecule has 2 aliphatic rings. The first-order valence-electron chi connectivity index (χ1n) is 5.86. The topological polar surface area (TPSA) is 15.3 Å². The standard InChI is InChI=1S/C11H22N2S/c1-12-7-10-3-2-5-13(8-10)11-4-6-14-9-11/h10-12H,2-9H2,1H3. The van der Waals surface area contributed by atoms with Crippen molar-refractivity contribution in [1.82, 2.24) is 10.2 Å². The molecule has 0 radical (unpaired) electrons. The fourth-order valence-electron chi connectivity index (χ4n) is 2.69. The van der Waals surface area contributed by atoms with Crippen LogP contribution in [0.4, 0.5) is 0 Å². The van der Waals surface area contributed by atoms with Gasteiger partial charge in [0.1, 0.15) is 0 Å². The van der Waals surface area contributed by atoms with E-state index in [1.807, 2.05) is 0 Å². The van der Waals surface area contributed by atoms with E-state index in [2.05, 4.69) is 29.0 Å². The number of piperidine rings is 1. The maximum atomic E-state index is 3.32. The molecule has 0 aliphatic carbocycles. The van der Waals surface area contributed by atoms with Crippen molar-refractivity contribution in [1.29, 1.82) is 0 Å². The Balaban J connectivity index is 1.80. The summed E-state index contributed by atoms with van der Waals surface area (Å²) in [5, 5.41) is 3.32. The zero-order valence-corrected chi connectivity index (χ0v) is 9.98. The Labute approximate surface area is 91.8 Å². The molecule has 0 bridgehead atoms. The molecule has 0 amide bonds. The summed E-state index contributed by atoms with van der Waals surface area (Å²) in [5.41, 5.74) is 0. The zero-order chi connectivity index (χ0) is 9.80. The molecule has 3 heteroatoms. The first-order valence-corrected chi connectivity index (χ1v) is 7.02. The number of rotatable bonds is 3. The van der Waals surface area contributed by atoms with Crippen molar-refractivity contribution in [3.8, 4) is 0 Å². The van der Waals surface area contributed by atoms with Gasteiger partial charge >= 0.3 is 0 Å². The average molecular weight is 214 g/mol.